The number of aryl methyl sites for hydroxylation is 2. The van der Waals surface area contributed by atoms with E-state index in [1.165, 1.54) is 29.7 Å². The third kappa shape index (κ3) is 3.94. The summed E-state index contributed by atoms with van der Waals surface area (Å²) in [7, 11) is 0. The van der Waals surface area contributed by atoms with Crippen molar-refractivity contribution in [1.29, 1.82) is 0 Å². The maximum atomic E-state index is 13.1. The molecule has 0 atom stereocenters. The molecule has 0 aliphatic carbocycles. The van der Waals surface area contributed by atoms with E-state index < -0.39 is 0 Å². The van der Waals surface area contributed by atoms with E-state index in [1.807, 2.05) is 11.8 Å². The first-order valence-electron chi connectivity index (χ1n) is 10.3. The van der Waals surface area contributed by atoms with Crippen LogP contribution in [-0.4, -0.2) is 60.0 Å². The van der Waals surface area contributed by atoms with Gasteiger partial charge in [-0.2, -0.15) is 0 Å². The Morgan fingerprint density at radius 3 is 2.46 bits per heavy atom. The third-order valence-electron chi connectivity index (χ3n) is 6.08. The number of amides is 1. The lowest BCUT2D eigenvalue weighted by Crippen LogP contribution is -2.49. The minimum Gasteiger partial charge on any atom is -0.368 e. The first-order valence-corrected chi connectivity index (χ1v) is 11.1. The fourth-order valence-electron chi connectivity index (χ4n) is 4.22. The normalized spacial score (nSPS) is 18.1. The van der Waals surface area contributed by atoms with Gasteiger partial charge in [-0.25, -0.2) is 4.98 Å². The molecule has 2 saturated heterocycles. The van der Waals surface area contributed by atoms with Gasteiger partial charge in [-0.05, 0) is 63.9 Å². The molecule has 0 bridgehead atoms. The van der Waals surface area contributed by atoms with Crippen molar-refractivity contribution in [3.05, 3.63) is 44.9 Å². The van der Waals surface area contributed by atoms with Gasteiger partial charge in [0.25, 0.3) is 5.91 Å². The maximum absolute atomic E-state index is 13.1. The highest BCUT2D eigenvalue weighted by Gasteiger charge is 2.26. The van der Waals surface area contributed by atoms with Crippen LogP contribution in [0.1, 0.15) is 44.3 Å². The molecule has 2 aromatic rings. The molecule has 0 radical (unpaired) electrons. The van der Waals surface area contributed by atoms with Crippen molar-refractivity contribution in [2.45, 2.75) is 40.2 Å². The average molecular weight is 399 g/mol. The summed E-state index contributed by atoms with van der Waals surface area (Å²) < 4.78 is 0. The second kappa shape index (κ2) is 8.21. The smallest absolute Gasteiger partial charge is 0.265 e. The lowest BCUT2D eigenvalue weighted by Gasteiger charge is -2.37. The van der Waals surface area contributed by atoms with E-state index in [0.29, 0.717) is 0 Å². The molecule has 0 unspecified atom stereocenters. The zero-order valence-corrected chi connectivity index (χ0v) is 18.0. The second-order valence-corrected chi connectivity index (χ2v) is 9.09. The van der Waals surface area contributed by atoms with Gasteiger partial charge in [-0.15, -0.1) is 11.3 Å². The van der Waals surface area contributed by atoms with E-state index >= 15 is 0 Å². The van der Waals surface area contributed by atoms with Crippen LogP contribution in [0.3, 0.4) is 0 Å². The van der Waals surface area contributed by atoms with E-state index in [9.17, 15) is 4.79 Å². The largest absolute Gasteiger partial charge is 0.368 e. The Balaban J connectivity index is 1.40. The van der Waals surface area contributed by atoms with Crippen molar-refractivity contribution in [1.82, 2.24) is 14.8 Å². The van der Waals surface area contributed by atoms with E-state index in [-0.39, 0.29) is 5.91 Å². The van der Waals surface area contributed by atoms with Crippen molar-refractivity contribution in [2.75, 3.05) is 44.2 Å². The zero-order chi connectivity index (χ0) is 19.7. The first kappa shape index (κ1) is 19.4. The van der Waals surface area contributed by atoms with Crippen LogP contribution < -0.4 is 4.90 Å². The fourth-order valence-corrected chi connectivity index (χ4v) is 5.30. The number of likely N-dealkylation sites (tertiary alicyclic amines) is 1. The van der Waals surface area contributed by atoms with Crippen molar-refractivity contribution >= 4 is 22.9 Å². The molecule has 2 aliphatic rings. The number of benzene rings is 1. The molecule has 1 aromatic carbocycles. The zero-order valence-electron chi connectivity index (χ0n) is 17.2. The van der Waals surface area contributed by atoms with Gasteiger partial charge >= 0.3 is 0 Å². The number of aromatic nitrogens is 1. The quantitative estimate of drug-likeness (QED) is 0.789. The average Bonchev–Trinajstić information content (AvgIpc) is 3.33. The minimum absolute atomic E-state index is 0.156. The predicted octanol–water partition coefficient (Wildman–Crippen LogP) is 3.63. The molecule has 1 amide bonds. The Labute approximate surface area is 172 Å². The van der Waals surface area contributed by atoms with Gasteiger partial charge in [-0.1, -0.05) is 12.1 Å². The molecular weight excluding hydrogens is 368 g/mol. The Morgan fingerprint density at radius 2 is 1.75 bits per heavy atom. The number of nitrogens with zero attached hydrogens (tertiary/aromatic N) is 4. The van der Waals surface area contributed by atoms with Crippen molar-refractivity contribution in [3.8, 4) is 0 Å². The summed E-state index contributed by atoms with van der Waals surface area (Å²) in [6.07, 6.45) is 2.56. The highest BCUT2D eigenvalue weighted by atomic mass is 32.1. The molecule has 0 spiro atoms. The van der Waals surface area contributed by atoms with Crippen LogP contribution in [0.2, 0.25) is 0 Å². The molecule has 0 N–H and O–H groups in total. The summed E-state index contributed by atoms with van der Waals surface area (Å²) in [5, 5.41) is 1.08. The van der Waals surface area contributed by atoms with Crippen molar-refractivity contribution < 1.29 is 4.79 Å². The Hall–Kier alpha value is -1.92. The molecular formula is C22H30N4OS. The van der Waals surface area contributed by atoms with E-state index in [0.717, 1.165) is 61.4 Å². The molecule has 5 nitrogen and oxygen atoms in total. The molecule has 6 heteroatoms. The molecule has 2 aliphatic heterocycles. The SMILES string of the molecule is Cc1cccc(N2CCN(C(=O)c3sc(CN4CCCC4)nc3C)CC2)c1C. The molecule has 4 rings (SSSR count). The van der Waals surface area contributed by atoms with Crippen LogP contribution in [0.4, 0.5) is 5.69 Å². The number of hydrogen-bond donors (Lipinski definition) is 0. The number of thiazole rings is 1. The van der Waals surface area contributed by atoms with Gasteiger partial charge in [0.2, 0.25) is 0 Å². The topological polar surface area (TPSA) is 39.7 Å². The molecule has 0 saturated carbocycles. The van der Waals surface area contributed by atoms with Crippen molar-refractivity contribution in [3.63, 3.8) is 0 Å². The highest BCUT2D eigenvalue weighted by molar-refractivity contribution is 7.13. The number of piperazine rings is 1. The van der Waals surface area contributed by atoms with Gasteiger partial charge < -0.3 is 9.80 Å². The van der Waals surface area contributed by atoms with E-state index in [1.54, 1.807) is 11.3 Å². The monoisotopic (exact) mass is 398 g/mol. The van der Waals surface area contributed by atoms with E-state index in [2.05, 4.69) is 41.8 Å². The molecule has 1 aromatic heterocycles. The fraction of sp³-hybridized carbons (Fsp3) is 0.545. The van der Waals surface area contributed by atoms with Crippen LogP contribution in [0, 0.1) is 20.8 Å². The van der Waals surface area contributed by atoms with Crippen LogP contribution in [-0.2, 0) is 6.54 Å². The Kier molecular flexibility index (Phi) is 5.69. The van der Waals surface area contributed by atoms with Crippen molar-refractivity contribution in [2.24, 2.45) is 0 Å². The van der Waals surface area contributed by atoms with Crippen LogP contribution in [0.25, 0.3) is 0 Å². The van der Waals surface area contributed by atoms with E-state index in [4.69, 9.17) is 4.98 Å². The maximum Gasteiger partial charge on any atom is 0.265 e. The first-order chi connectivity index (χ1) is 13.5. The Morgan fingerprint density at radius 1 is 1.04 bits per heavy atom. The lowest BCUT2D eigenvalue weighted by atomic mass is 10.1. The van der Waals surface area contributed by atoms with Gasteiger partial charge in [0, 0.05) is 31.9 Å². The predicted molar refractivity (Wildman–Crippen MR) is 115 cm³/mol. The lowest BCUT2D eigenvalue weighted by molar-refractivity contribution is 0.0750. The summed E-state index contributed by atoms with van der Waals surface area (Å²) >= 11 is 1.59. The number of rotatable bonds is 4. The van der Waals surface area contributed by atoms with Gasteiger partial charge in [0.1, 0.15) is 9.88 Å². The summed E-state index contributed by atoms with van der Waals surface area (Å²) in [5.74, 6) is 0.156. The summed E-state index contributed by atoms with van der Waals surface area (Å²) in [6, 6.07) is 6.47. The minimum atomic E-state index is 0.156. The molecule has 3 heterocycles. The van der Waals surface area contributed by atoms with Crippen LogP contribution in [0.5, 0.6) is 0 Å². The third-order valence-corrected chi connectivity index (χ3v) is 7.21. The van der Waals surface area contributed by atoms with Gasteiger partial charge in [0.15, 0.2) is 0 Å². The number of carbonyl (C=O) groups excluding carboxylic acids is 1. The second-order valence-electron chi connectivity index (χ2n) is 8.00. The van der Waals surface area contributed by atoms with Gasteiger partial charge in [-0.3, -0.25) is 9.69 Å². The number of carbonyl (C=O) groups is 1. The molecule has 150 valence electrons. The molecule has 28 heavy (non-hydrogen) atoms. The van der Waals surface area contributed by atoms with Crippen LogP contribution in [0.15, 0.2) is 18.2 Å². The summed E-state index contributed by atoms with van der Waals surface area (Å²) in [4.78, 5) is 25.5. The summed E-state index contributed by atoms with van der Waals surface area (Å²) in [6.45, 7) is 12.8. The summed E-state index contributed by atoms with van der Waals surface area (Å²) in [5.41, 5.74) is 4.85. The standard InChI is InChI=1S/C22H30N4OS/c1-16-7-6-8-19(17(16)2)25-11-13-26(14-12-25)22(27)21-18(3)23-20(28-21)15-24-9-4-5-10-24/h6-8H,4-5,9-15H2,1-3H3. The van der Waals surface area contributed by atoms with Crippen LogP contribution >= 0.6 is 11.3 Å². The highest BCUT2D eigenvalue weighted by Crippen LogP contribution is 2.26. The number of anilines is 1. The van der Waals surface area contributed by atoms with Gasteiger partial charge in [0.05, 0.1) is 12.2 Å². The number of hydrogen-bond acceptors (Lipinski definition) is 5. The molecule has 2 fully saturated rings. The Bertz CT molecular complexity index is 848.